The van der Waals surface area contributed by atoms with E-state index in [2.05, 4.69) is 25.6 Å². The summed E-state index contributed by atoms with van der Waals surface area (Å²) < 4.78 is 46.0. The van der Waals surface area contributed by atoms with Crippen LogP contribution in [0.25, 0.3) is 16.6 Å². The molecular formula is C19H18F3N7O. The van der Waals surface area contributed by atoms with Crippen LogP contribution in [0.1, 0.15) is 30.0 Å². The van der Waals surface area contributed by atoms with Crippen LogP contribution in [0, 0.1) is 0 Å². The van der Waals surface area contributed by atoms with Crippen molar-refractivity contribution >= 4 is 34.0 Å². The maximum Gasteiger partial charge on any atom is 0.435 e. The molecule has 3 aromatic heterocycles. The van der Waals surface area contributed by atoms with Gasteiger partial charge in [-0.05, 0) is 43.0 Å². The molecule has 1 fully saturated rings. The lowest BCUT2D eigenvalue weighted by atomic mass is 9.92. The van der Waals surface area contributed by atoms with Crippen LogP contribution >= 0.6 is 0 Å². The van der Waals surface area contributed by atoms with E-state index in [0.717, 1.165) is 18.4 Å². The highest BCUT2D eigenvalue weighted by Gasteiger charge is 2.35. The number of pyridine rings is 1. The summed E-state index contributed by atoms with van der Waals surface area (Å²) in [4.78, 5) is 4.58. The minimum Gasteiger partial charge on any atom is -0.384 e. The lowest BCUT2D eigenvalue weighted by Gasteiger charge is -2.22. The maximum absolute atomic E-state index is 13.0. The van der Waals surface area contributed by atoms with E-state index in [1.807, 2.05) is 6.07 Å². The van der Waals surface area contributed by atoms with Gasteiger partial charge in [0.15, 0.2) is 11.3 Å². The third kappa shape index (κ3) is 3.20. The average molecular weight is 417 g/mol. The van der Waals surface area contributed by atoms with E-state index in [9.17, 15) is 13.2 Å². The third-order valence-electron chi connectivity index (χ3n) is 5.29. The number of hydrogen-bond acceptors (Lipinski definition) is 6. The van der Waals surface area contributed by atoms with Crippen molar-refractivity contribution < 1.29 is 17.9 Å². The summed E-state index contributed by atoms with van der Waals surface area (Å²) in [5, 5.41) is 13.3. The molecule has 156 valence electrons. The van der Waals surface area contributed by atoms with Gasteiger partial charge in [0, 0.05) is 29.9 Å². The number of fused-ring (bicyclic) bond motifs is 2. The largest absolute Gasteiger partial charge is 0.435 e. The summed E-state index contributed by atoms with van der Waals surface area (Å²) in [6.45, 7) is 1.40. The third-order valence-corrected chi connectivity index (χ3v) is 5.29. The molecule has 1 aliphatic rings. The van der Waals surface area contributed by atoms with Crippen LogP contribution in [-0.2, 0) is 10.9 Å². The molecule has 0 bridgehead atoms. The molecule has 5 rings (SSSR count). The minimum absolute atomic E-state index is 0.00191. The number of halogens is 3. The first-order valence-corrected chi connectivity index (χ1v) is 9.45. The zero-order valence-corrected chi connectivity index (χ0v) is 15.7. The number of rotatable bonds is 3. The molecule has 4 heterocycles. The van der Waals surface area contributed by atoms with E-state index >= 15 is 0 Å². The molecular weight excluding hydrogens is 399 g/mol. The van der Waals surface area contributed by atoms with Crippen molar-refractivity contribution in [2.45, 2.75) is 24.9 Å². The number of nitrogens with zero attached hydrogens (tertiary/aromatic N) is 4. The fourth-order valence-electron chi connectivity index (χ4n) is 3.82. The molecule has 4 aromatic rings. The minimum atomic E-state index is -4.52. The molecule has 0 amide bonds. The van der Waals surface area contributed by atoms with Gasteiger partial charge in [-0.25, -0.2) is 0 Å². The Balaban J connectivity index is 1.49. The van der Waals surface area contributed by atoms with Crippen molar-refractivity contribution in [3.63, 3.8) is 0 Å². The Labute approximate surface area is 168 Å². The Morgan fingerprint density at radius 1 is 1.17 bits per heavy atom. The van der Waals surface area contributed by atoms with E-state index < -0.39 is 11.9 Å². The highest BCUT2D eigenvalue weighted by atomic mass is 19.4. The monoisotopic (exact) mass is 417 g/mol. The van der Waals surface area contributed by atoms with Crippen molar-refractivity contribution in [1.29, 1.82) is 0 Å². The predicted molar refractivity (Wildman–Crippen MR) is 105 cm³/mol. The molecule has 1 aliphatic heterocycles. The molecule has 0 atom stereocenters. The van der Waals surface area contributed by atoms with Crippen molar-refractivity contribution in [1.82, 2.24) is 24.8 Å². The van der Waals surface area contributed by atoms with Crippen LogP contribution in [0.4, 0.5) is 30.6 Å². The fraction of sp³-hybridized carbons (Fsp3) is 0.316. The summed E-state index contributed by atoms with van der Waals surface area (Å²) in [5.74, 6) is 1.05. The van der Waals surface area contributed by atoms with Crippen LogP contribution in [0.3, 0.4) is 0 Å². The first-order valence-electron chi connectivity index (χ1n) is 9.45. The van der Waals surface area contributed by atoms with Gasteiger partial charge < -0.3 is 15.8 Å². The normalized spacial score (nSPS) is 15.8. The molecule has 0 radical (unpaired) electrons. The molecule has 8 nitrogen and oxygen atoms in total. The Bertz CT molecular complexity index is 1220. The number of alkyl halides is 3. The standard InChI is InChI=1S/C19H18F3N7O/c20-19(21,22)16-13-2-1-11(9-14(13)26-27-16)24-18-25-17-12(10-5-7-30-8-6-10)3-4-15(23)29(17)28-18/h1-4,9-10H,5-8,23H2,(H,24,28)(H,26,27). The van der Waals surface area contributed by atoms with Gasteiger partial charge in [-0.3, -0.25) is 5.10 Å². The Kier molecular flexibility index (Phi) is 4.28. The topological polar surface area (TPSA) is 106 Å². The summed E-state index contributed by atoms with van der Waals surface area (Å²) in [7, 11) is 0. The van der Waals surface area contributed by atoms with Gasteiger partial charge in [0.05, 0.1) is 5.52 Å². The number of anilines is 3. The van der Waals surface area contributed by atoms with Gasteiger partial charge in [-0.2, -0.15) is 27.8 Å². The van der Waals surface area contributed by atoms with Crippen molar-refractivity contribution in [2.24, 2.45) is 0 Å². The van der Waals surface area contributed by atoms with Gasteiger partial charge in [-0.1, -0.05) is 6.07 Å². The van der Waals surface area contributed by atoms with Crippen molar-refractivity contribution in [3.8, 4) is 0 Å². The number of benzene rings is 1. The quantitative estimate of drug-likeness (QED) is 0.468. The lowest BCUT2D eigenvalue weighted by molar-refractivity contribution is -0.139. The van der Waals surface area contributed by atoms with Crippen molar-refractivity contribution in [2.75, 3.05) is 24.3 Å². The SMILES string of the molecule is Nc1ccc(C2CCOCC2)c2nc(Nc3ccc4c(C(F)(F)F)n[nH]c4c3)nn12. The molecule has 30 heavy (non-hydrogen) atoms. The number of hydrogen-bond donors (Lipinski definition) is 3. The fourth-order valence-corrected chi connectivity index (χ4v) is 3.82. The van der Waals surface area contributed by atoms with Crippen LogP contribution in [0.15, 0.2) is 30.3 Å². The molecule has 0 aliphatic carbocycles. The second-order valence-corrected chi connectivity index (χ2v) is 7.23. The smallest absolute Gasteiger partial charge is 0.384 e. The lowest BCUT2D eigenvalue weighted by Crippen LogP contribution is -2.15. The zero-order chi connectivity index (χ0) is 20.9. The zero-order valence-electron chi connectivity index (χ0n) is 15.7. The van der Waals surface area contributed by atoms with Gasteiger partial charge in [0.25, 0.3) is 0 Å². The average Bonchev–Trinajstić information content (AvgIpc) is 3.33. The number of ether oxygens (including phenoxy) is 1. The molecule has 0 saturated carbocycles. The first-order chi connectivity index (χ1) is 14.4. The van der Waals surface area contributed by atoms with Crippen LogP contribution in [-0.4, -0.2) is 38.0 Å². The van der Waals surface area contributed by atoms with Crippen LogP contribution in [0.5, 0.6) is 0 Å². The molecule has 4 N–H and O–H groups in total. The summed E-state index contributed by atoms with van der Waals surface area (Å²) in [6, 6.07) is 8.19. The van der Waals surface area contributed by atoms with E-state index in [-0.39, 0.29) is 10.9 Å². The number of aromatic amines is 1. The van der Waals surface area contributed by atoms with Crippen molar-refractivity contribution in [3.05, 3.63) is 41.6 Å². The maximum atomic E-state index is 13.0. The van der Waals surface area contributed by atoms with E-state index in [0.29, 0.717) is 42.2 Å². The number of nitrogens with one attached hydrogen (secondary N) is 2. The number of H-pyrrole nitrogens is 1. The summed E-state index contributed by atoms with van der Waals surface area (Å²) in [5.41, 5.74) is 7.63. The second kappa shape index (κ2) is 6.87. The van der Waals surface area contributed by atoms with Crippen LogP contribution < -0.4 is 11.1 Å². The molecule has 11 heteroatoms. The van der Waals surface area contributed by atoms with Gasteiger partial charge in [0.2, 0.25) is 5.95 Å². The molecule has 0 unspecified atom stereocenters. The summed E-state index contributed by atoms with van der Waals surface area (Å²) in [6.07, 6.45) is -2.73. The van der Waals surface area contributed by atoms with E-state index in [4.69, 9.17) is 10.5 Å². The number of nitrogen functional groups attached to an aromatic ring is 1. The Morgan fingerprint density at radius 3 is 2.73 bits per heavy atom. The van der Waals surface area contributed by atoms with E-state index in [1.54, 1.807) is 10.6 Å². The number of aromatic nitrogens is 5. The Morgan fingerprint density at radius 2 is 1.97 bits per heavy atom. The highest BCUT2D eigenvalue weighted by Crippen LogP contribution is 2.34. The molecule has 1 saturated heterocycles. The predicted octanol–water partition coefficient (Wildman–Crippen LogP) is 3.84. The van der Waals surface area contributed by atoms with Gasteiger partial charge in [-0.15, -0.1) is 5.10 Å². The number of nitrogens with two attached hydrogens (primary N) is 1. The van der Waals surface area contributed by atoms with Gasteiger partial charge in [0.1, 0.15) is 5.82 Å². The Hall–Kier alpha value is -3.34. The highest BCUT2D eigenvalue weighted by molar-refractivity contribution is 5.85. The molecule has 0 spiro atoms. The summed E-state index contributed by atoms with van der Waals surface area (Å²) >= 11 is 0. The van der Waals surface area contributed by atoms with E-state index in [1.165, 1.54) is 18.2 Å². The second-order valence-electron chi connectivity index (χ2n) is 7.23. The van der Waals surface area contributed by atoms with Crippen LogP contribution in [0.2, 0.25) is 0 Å². The molecule has 1 aromatic carbocycles. The first kappa shape index (κ1) is 18.7. The van der Waals surface area contributed by atoms with Gasteiger partial charge >= 0.3 is 6.18 Å².